The molecule has 29 heavy (non-hydrogen) atoms. The molecule has 0 atom stereocenters. The maximum atomic E-state index is 12.1. The first-order valence-electron chi connectivity index (χ1n) is 8.72. The highest BCUT2D eigenvalue weighted by atomic mass is 32.1. The molecule has 1 amide bonds. The Balaban J connectivity index is 1.61. The number of ether oxygens (including phenoxy) is 1. The van der Waals surface area contributed by atoms with Crippen LogP contribution in [0.5, 0.6) is 0 Å². The van der Waals surface area contributed by atoms with Gasteiger partial charge in [0.1, 0.15) is 6.61 Å². The molecule has 144 valence electrons. The first-order valence-corrected chi connectivity index (χ1v) is 9.60. The summed E-state index contributed by atoms with van der Waals surface area (Å²) in [6.45, 7) is 1.48. The Kier molecular flexibility index (Phi) is 6.51. The summed E-state index contributed by atoms with van der Waals surface area (Å²) in [5, 5.41) is 11.1. The minimum absolute atomic E-state index is 0.00752. The highest BCUT2D eigenvalue weighted by Crippen LogP contribution is 2.28. The van der Waals surface area contributed by atoms with Gasteiger partial charge in [0.15, 0.2) is 5.13 Å². The van der Waals surface area contributed by atoms with E-state index in [1.54, 1.807) is 35.7 Å². The SMILES string of the molecule is CC(=O)N(c1ccccc1)c1nc(COC(=O)/C=C/c2ccc(C#N)cc2)cs1. The first-order chi connectivity index (χ1) is 14.1. The van der Waals surface area contributed by atoms with Crippen molar-refractivity contribution in [3.05, 3.63) is 82.9 Å². The van der Waals surface area contributed by atoms with Gasteiger partial charge in [0, 0.05) is 18.4 Å². The van der Waals surface area contributed by atoms with E-state index in [0.29, 0.717) is 16.4 Å². The normalized spacial score (nSPS) is 10.5. The Morgan fingerprint density at radius 3 is 2.55 bits per heavy atom. The molecule has 0 radical (unpaired) electrons. The van der Waals surface area contributed by atoms with Gasteiger partial charge in [-0.3, -0.25) is 9.69 Å². The third kappa shape index (κ3) is 5.37. The molecular weight excluding hydrogens is 386 g/mol. The van der Waals surface area contributed by atoms with Crippen LogP contribution in [-0.4, -0.2) is 16.9 Å². The lowest BCUT2D eigenvalue weighted by molar-refractivity contribution is -0.139. The van der Waals surface area contributed by atoms with Crippen molar-refractivity contribution in [1.29, 1.82) is 5.26 Å². The standard InChI is InChI=1S/C22H17N3O3S/c1-16(26)25(20-5-3-2-4-6-20)22-24-19(15-29-22)14-28-21(27)12-11-17-7-9-18(13-23)10-8-17/h2-12,15H,14H2,1H3/b12-11+. The zero-order valence-corrected chi connectivity index (χ0v) is 16.4. The number of nitriles is 1. The van der Waals surface area contributed by atoms with E-state index in [0.717, 1.165) is 11.3 Å². The summed E-state index contributed by atoms with van der Waals surface area (Å²) in [4.78, 5) is 29.9. The van der Waals surface area contributed by atoms with Crippen LogP contribution in [0.2, 0.25) is 0 Å². The van der Waals surface area contributed by atoms with Crippen LogP contribution in [0.3, 0.4) is 0 Å². The molecule has 0 aliphatic heterocycles. The van der Waals surface area contributed by atoms with Gasteiger partial charge in [-0.25, -0.2) is 9.78 Å². The molecule has 3 rings (SSSR count). The van der Waals surface area contributed by atoms with Crippen molar-refractivity contribution in [1.82, 2.24) is 4.98 Å². The highest BCUT2D eigenvalue weighted by molar-refractivity contribution is 7.14. The molecule has 0 bridgehead atoms. The molecule has 7 heteroatoms. The molecule has 0 spiro atoms. The van der Waals surface area contributed by atoms with Gasteiger partial charge < -0.3 is 4.74 Å². The first kappa shape index (κ1) is 20.0. The molecule has 1 aromatic heterocycles. The quantitative estimate of drug-likeness (QED) is 0.448. The van der Waals surface area contributed by atoms with Crippen molar-refractivity contribution in [3.63, 3.8) is 0 Å². The fourth-order valence-corrected chi connectivity index (χ4v) is 3.37. The summed E-state index contributed by atoms with van der Waals surface area (Å²) < 4.78 is 5.22. The Morgan fingerprint density at radius 2 is 1.90 bits per heavy atom. The molecule has 0 N–H and O–H groups in total. The summed E-state index contributed by atoms with van der Waals surface area (Å²) in [6, 6.07) is 18.1. The predicted octanol–water partition coefficient (Wildman–Crippen LogP) is 4.46. The van der Waals surface area contributed by atoms with E-state index < -0.39 is 5.97 Å². The lowest BCUT2D eigenvalue weighted by atomic mass is 10.1. The summed E-state index contributed by atoms with van der Waals surface area (Å²) >= 11 is 1.30. The molecule has 1 heterocycles. The van der Waals surface area contributed by atoms with Crippen molar-refractivity contribution in [3.8, 4) is 6.07 Å². The number of esters is 1. The van der Waals surface area contributed by atoms with Crippen molar-refractivity contribution in [2.24, 2.45) is 0 Å². The summed E-state index contributed by atoms with van der Waals surface area (Å²) in [7, 11) is 0. The summed E-state index contributed by atoms with van der Waals surface area (Å²) in [5.74, 6) is -0.658. The van der Waals surface area contributed by atoms with Crippen LogP contribution in [-0.2, 0) is 20.9 Å². The Labute approximate surface area is 172 Å². The minimum Gasteiger partial charge on any atom is -0.456 e. The van der Waals surface area contributed by atoms with E-state index in [9.17, 15) is 9.59 Å². The van der Waals surface area contributed by atoms with Crippen molar-refractivity contribution < 1.29 is 14.3 Å². The maximum absolute atomic E-state index is 12.1. The zero-order valence-electron chi connectivity index (χ0n) is 15.6. The second-order valence-corrected chi connectivity index (χ2v) is 6.82. The van der Waals surface area contributed by atoms with Crippen LogP contribution >= 0.6 is 11.3 Å². The third-order valence-electron chi connectivity index (χ3n) is 3.87. The van der Waals surface area contributed by atoms with Crippen molar-refractivity contribution >= 4 is 40.1 Å². The summed E-state index contributed by atoms with van der Waals surface area (Å²) in [6.07, 6.45) is 2.93. The lowest BCUT2D eigenvalue weighted by Gasteiger charge is -2.17. The molecule has 0 saturated heterocycles. The van der Waals surface area contributed by atoms with E-state index in [2.05, 4.69) is 4.98 Å². The number of amides is 1. The number of rotatable bonds is 6. The molecule has 0 fully saturated rings. The van der Waals surface area contributed by atoms with Gasteiger partial charge in [-0.05, 0) is 35.9 Å². The second kappa shape index (κ2) is 9.44. The fraction of sp³-hybridized carbons (Fsp3) is 0.0909. The van der Waals surface area contributed by atoms with E-state index in [-0.39, 0.29) is 12.5 Å². The number of benzene rings is 2. The Morgan fingerprint density at radius 1 is 1.17 bits per heavy atom. The number of anilines is 2. The number of carbonyl (C=O) groups excluding carboxylic acids is 2. The van der Waals surface area contributed by atoms with Crippen molar-refractivity contribution in [2.45, 2.75) is 13.5 Å². The largest absolute Gasteiger partial charge is 0.456 e. The van der Waals surface area contributed by atoms with Crippen LogP contribution in [0.1, 0.15) is 23.7 Å². The van der Waals surface area contributed by atoms with Gasteiger partial charge in [-0.1, -0.05) is 30.3 Å². The number of aromatic nitrogens is 1. The fourth-order valence-electron chi connectivity index (χ4n) is 2.50. The van der Waals surface area contributed by atoms with Crippen LogP contribution in [0.4, 0.5) is 10.8 Å². The molecule has 6 nitrogen and oxygen atoms in total. The molecule has 2 aromatic carbocycles. The number of nitrogens with zero attached hydrogens (tertiary/aromatic N) is 3. The highest BCUT2D eigenvalue weighted by Gasteiger charge is 2.17. The summed E-state index contributed by atoms with van der Waals surface area (Å²) in [5.41, 5.74) is 2.63. The number of hydrogen-bond donors (Lipinski definition) is 0. The molecule has 0 unspecified atom stereocenters. The van der Waals surface area contributed by atoms with Gasteiger partial charge in [0.2, 0.25) is 5.91 Å². The molecular formula is C22H17N3O3S. The van der Waals surface area contributed by atoms with Crippen LogP contribution in [0, 0.1) is 11.3 Å². The molecule has 0 aliphatic rings. The average molecular weight is 403 g/mol. The monoisotopic (exact) mass is 403 g/mol. The van der Waals surface area contributed by atoms with Gasteiger partial charge in [0.25, 0.3) is 0 Å². The predicted molar refractivity (Wildman–Crippen MR) is 111 cm³/mol. The Hall–Kier alpha value is -3.76. The van der Waals surface area contributed by atoms with Crippen LogP contribution < -0.4 is 4.90 Å². The van der Waals surface area contributed by atoms with E-state index >= 15 is 0 Å². The third-order valence-corrected chi connectivity index (χ3v) is 4.75. The maximum Gasteiger partial charge on any atom is 0.331 e. The molecule has 0 aliphatic carbocycles. The number of para-hydroxylation sites is 1. The average Bonchev–Trinajstić information content (AvgIpc) is 3.20. The van der Waals surface area contributed by atoms with E-state index in [4.69, 9.17) is 10.00 Å². The van der Waals surface area contributed by atoms with Gasteiger partial charge >= 0.3 is 5.97 Å². The molecule has 3 aromatic rings. The lowest BCUT2D eigenvalue weighted by Crippen LogP contribution is -2.22. The minimum atomic E-state index is -0.504. The zero-order chi connectivity index (χ0) is 20.6. The van der Waals surface area contributed by atoms with Crippen LogP contribution in [0.15, 0.2) is 66.1 Å². The second-order valence-electron chi connectivity index (χ2n) is 5.99. The number of carbonyl (C=O) groups is 2. The van der Waals surface area contributed by atoms with Crippen LogP contribution in [0.25, 0.3) is 6.08 Å². The van der Waals surface area contributed by atoms with Gasteiger partial charge in [-0.15, -0.1) is 11.3 Å². The number of hydrogen-bond acceptors (Lipinski definition) is 6. The van der Waals surface area contributed by atoms with E-state index in [1.165, 1.54) is 29.2 Å². The molecule has 0 saturated carbocycles. The topological polar surface area (TPSA) is 83.3 Å². The Bertz CT molecular complexity index is 1070. The smallest absolute Gasteiger partial charge is 0.331 e. The number of thiazole rings is 1. The van der Waals surface area contributed by atoms with Gasteiger partial charge in [0.05, 0.1) is 23.0 Å². The van der Waals surface area contributed by atoms with Crippen molar-refractivity contribution in [2.75, 3.05) is 4.90 Å². The van der Waals surface area contributed by atoms with Gasteiger partial charge in [-0.2, -0.15) is 5.26 Å². The van der Waals surface area contributed by atoms with E-state index in [1.807, 2.05) is 36.4 Å².